The van der Waals surface area contributed by atoms with Crippen LogP contribution >= 0.6 is 11.3 Å². The Labute approximate surface area is 193 Å². The third-order valence-corrected chi connectivity index (χ3v) is 5.77. The Kier molecular flexibility index (Phi) is 6.95. The molecule has 5 nitrogen and oxygen atoms in total. The molecule has 0 aliphatic heterocycles. The van der Waals surface area contributed by atoms with Gasteiger partial charge in [0.2, 0.25) is 0 Å². The van der Waals surface area contributed by atoms with E-state index >= 15 is 0 Å². The molecule has 4 aromatic rings. The van der Waals surface area contributed by atoms with E-state index in [1.807, 2.05) is 30.3 Å². The number of carbonyl (C=O) groups is 1. The van der Waals surface area contributed by atoms with E-state index in [1.54, 1.807) is 23.6 Å². The Hall–Kier alpha value is -3.78. The lowest BCUT2D eigenvalue weighted by atomic mass is 10.2. The zero-order valence-corrected chi connectivity index (χ0v) is 18.5. The third kappa shape index (κ3) is 5.35. The molecule has 0 fully saturated rings. The van der Waals surface area contributed by atoms with Crippen molar-refractivity contribution in [1.29, 1.82) is 0 Å². The number of hydrogen-bond donors (Lipinski definition) is 1. The molecular formula is C25H20F2N2O3S. The van der Waals surface area contributed by atoms with Crippen molar-refractivity contribution in [2.24, 2.45) is 0 Å². The molecule has 1 N–H and O–H groups in total. The minimum atomic E-state index is -0.675. The van der Waals surface area contributed by atoms with Crippen molar-refractivity contribution in [3.63, 3.8) is 0 Å². The first-order chi connectivity index (χ1) is 16.0. The SMILES string of the molecule is COc1cc(-c2nc(C(=O)NCc3ccccc3)cs2)ccc1OCc1c(F)cccc1F. The number of amides is 1. The van der Waals surface area contributed by atoms with Crippen LogP contribution in [0.5, 0.6) is 11.5 Å². The Morgan fingerprint density at radius 3 is 2.48 bits per heavy atom. The molecule has 1 aromatic heterocycles. The van der Waals surface area contributed by atoms with Crippen LogP contribution in [0.3, 0.4) is 0 Å². The molecule has 0 unspecified atom stereocenters. The molecule has 0 radical (unpaired) electrons. The van der Waals surface area contributed by atoms with Crippen molar-refractivity contribution >= 4 is 17.2 Å². The fraction of sp³-hybridized carbons (Fsp3) is 0.120. The summed E-state index contributed by atoms with van der Waals surface area (Å²) in [6, 6.07) is 18.4. The second-order valence-corrected chi connectivity index (χ2v) is 7.92. The average molecular weight is 467 g/mol. The summed E-state index contributed by atoms with van der Waals surface area (Å²) >= 11 is 1.32. The monoisotopic (exact) mass is 466 g/mol. The number of ether oxygens (including phenoxy) is 2. The quantitative estimate of drug-likeness (QED) is 0.367. The summed E-state index contributed by atoms with van der Waals surface area (Å²) in [5.41, 5.74) is 1.88. The minimum Gasteiger partial charge on any atom is -0.493 e. The largest absolute Gasteiger partial charge is 0.493 e. The van der Waals surface area contributed by atoms with E-state index in [4.69, 9.17) is 9.47 Å². The van der Waals surface area contributed by atoms with Gasteiger partial charge in [-0.25, -0.2) is 13.8 Å². The first-order valence-electron chi connectivity index (χ1n) is 10.1. The molecule has 0 aliphatic carbocycles. The van der Waals surface area contributed by atoms with Gasteiger partial charge in [-0.05, 0) is 35.9 Å². The molecule has 3 aromatic carbocycles. The Morgan fingerprint density at radius 1 is 1.00 bits per heavy atom. The van der Waals surface area contributed by atoms with Gasteiger partial charge < -0.3 is 14.8 Å². The maximum absolute atomic E-state index is 13.8. The zero-order valence-electron chi connectivity index (χ0n) is 17.7. The molecule has 4 rings (SSSR count). The van der Waals surface area contributed by atoms with E-state index in [1.165, 1.54) is 36.6 Å². The summed E-state index contributed by atoms with van der Waals surface area (Å²) in [5, 5.41) is 5.17. The molecule has 1 amide bonds. The van der Waals surface area contributed by atoms with Gasteiger partial charge in [0.1, 0.15) is 28.9 Å². The smallest absolute Gasteiger partial charge is 0.271 e. The Morgan fingerprint density at radius 2 is 1.76 bits per heavy atom. The summed E-state index contributed by atoms with van der Waals surface area (Å²) in [6.07, 6.45) is 0. The lowest BCUT2D eigenvalue weighted by Crippen LogP contribution is -2.23. The number of nitrogens with one attached hydrogen (secondary N) is 1. The van der Waals surface area contributed by atoms with E-state index in [2.05, 4.69) is 10.3 Å². The predicted octanol–water partition coefficient (Wildman–Crippen LogP) is 5.61. The molecule has 0 saturated heterocycles. The van der Waals surface area contributed by atoms with Crippen LogP contribution in [-0.4, -0.2) is 18.0 Å². The van der Waals surface area contributed by atoms with Crippen LogP contribution in [0.1, 0.15) is 21.6 Å². The van der Waals surface area contributed by atoms with Gasteiger partial charge in [-0.15, -0.1) is 11.3 Å². The normalized spacial score (nSPS) is 10.6. The van der Waals surface area contributed by atoms with Gasteiger partial charge in [0.05, 0.1) is 12.7 Å². The lowest BCUT2D eigenvalue weighted by Gasteiger charge is -2.12. The summed E-state index contributed by atoms with van der Waals surface area (Å²) in [5.74, 6) is -0.895. The maximum atomic E-state index is 13.8. The summed E-state index contributed by atoms with van der Waals surface area (Å²) < 4.78 is 38.7. The van der Waals surface area contributed by atoms with E-state index in [-0.39, 0.29) is 18.1 Å². The first-order valence-corrected chi connectivity index (χ1v) is 10.9. The minimum absolute atomic E-state index is 0.158. The number of aromatic nitrogens is 1. The number of benzene rings is 3. The molecule has 33 heavy (non-hydrogen) atoms. The van der Waals surface area contributed by atoms with Crippen molar-refractivity contribution in [2.45, 2.75) is 13.2 Å². The van der Waals surface area contributed by atoms with Gasteiger partial charge in [0.15, 0.2) is 11.5 Å². The molecule has 1 heterocycles. The fourth-order valence-corrected chi connectivity index (χ4v) is 3.92. The highest BCUT2D eigenvalue weighted by atomic mass is 32.1. The van der Waals surface area contributed by atoms with Crippen LogP contribution in [0.25, 0.3) is 10.6 Å². The van der Waals surface area contributed by atoms with Gasteiger partial charge in [0, 0.05) is 17.5 Å². The third-order valence-electron chi connectivity index (χ3n) is 4.88. The fourth-order valence-electron chi connectivity index (χ4n) is 3.12. The van der Waals surface area contributed by atoms with Gasteiger partial charge in [-0.2, -0.15) is 0 Å². The predicted molar refractivity (Wildman–Crippen MR) is 122 cm³/mol. The van der Waals surface area contributed by atoms with Crippen molar-refractivity contribution in [3.8, 4) is 22.1 Å². The molecule has 8 heteroatoms. The topological polar surface area (TPSA) is 60.5 Å². The van der Waals surface area contributed by atoms with Crippen molar-refractivity contribution < 1.29 is 23.0 Å². The number of rotatable bonds is 8. The number of methoxy groups -OCH3 is 1. The van der Waals surface area contributed by atoms with Crippen LogP contribution in [-0.2, 0) is 13.2 Å². The Bertz CT molecular complexity index is 1240. The van der Waals surface area contributed by atoms with Crippen molar-refractivity contribution in [1.82, 2.24) is 10.3 Å². The van der Waals surface area contributed by atoms with Crippen LogP contribution in [0, 0.1) is 11.6 Å². The lowest BCUT2D eigenvalue weighted by molar-refractivity contribution is 0.0946. The molecule has 0 atom stereocenters. The van der Waals surface area contributed by atoms with Crippen LogP contribution in [0.2, 0.25) is 0 Å². The number of nitrogens with zero attached hydrogens (tertiary/aromatic N) is 1. The van der Waals surface area contributed by atoms with Gasteiger partial charge in [0.25, 0.3) is 5.91 Å². The van der Waals surface area contributed by atoms with E-state index in [0.29, 0.717) is 28.7 Å². The number of halogens is 2. The first kappa shape index (κ1) is 22.4. The second kappa shape index (κ2) is 10.2. The summed E-state index contributed by atoms with van der Waals surface area (Å²) in [4.78, 5) is 16.9. The van der Waals surface area contributed by atoms with Gasteiger partial charge >= 0.3 is 0 Å². The molecule has 0 aliphatic rings. The molecule has 0 saturated carbocycles. The van der Waals surface area contributed by atoms with Crippen LogP contribution < -0.4 is 14.8 Å². The number of thiazole rings is 1. The average Bonchev–Trinajstić information content (AvgIpc) is 3.33. The molecule has 0 spiro atoms. The zero-order chi connectivity index (χ0) is 23.2. The molecule has 0 bridgehead atoms. The van der Waals surface area contributed by atoms with E-state index < -0.39 is 11.6 Å². The summed E-state index contributed by atoms with van der Waals surface area (Å²) in [7, 11) is 1.47. The highest BCUT2D eigenvalue weighted by Gasteiger charge is 2.15. The maximum Gasteiger partial charge on any atom is 0.271 e. The van der Waals surface area contributed by atoms with Crippen molar-refractivity contribution in [3.05, 3.63) is 101 Å². The highest BCUT2D eigenvalue weighted by molar-refractivity contribution is 7.13. The molecular weight excluding hydrogens is 446 g/mol. The number of carbonyl (C=O) groups excluding carboxylic acids is 1. The van der Waals surface area contributed by atoms with E-state index in [9.17, 15) is 13.6 Å². The highest BCUT2D eigenvalue weighted by Crippen LogP contribution is 2.34. The Balaban J connectivity index is 1.45. The van der Waals surface area contributed by atoms with Crippen LogP contribution in [0.15, 0.2) is 72.1 Å². The summed E-state index contributed by atoms with van der Waals surface area (Å²) in [6.45, 7) is 0.131. The van der Waals surface area contributed by atoms with Gasteiger partial charge in [-0.3, -0.25) is 4.79 Å². The second-order valence-electron chi connectivity index (χ2n) is 7.06. The number of hydrogen-bond acceptors (Lipinski definition) is 5. The standard InChI is InChI=1S/C25H20F2N2O3S/c1-31-23-12-17(10-11-22(23)32-14-18-19(26)8-5-9-20(18)27)25-29-21(15-33-25)24(30)28-13-16-6-3-2-4-7-16/h2-12,15H,13-14H2,1H3,(H,28,30). The molecule has 168 valence electrons. The van der Waals surface area contributed by atoms with Crippen LogP contribution in [0.4, 0.5) is 8.78 Å². The van der Waals surface area contributed by atoms with E-state index in [0.717, 1.165) is 11.1 Å². The van der Waals surface area contributed by atoms with Crippen molar-refractivity contribution in [2.75, 3.05) is 7.11 Å². The van der Waals surface area contributed by atoms with Gasteiger partial charge in [-0.1, -0.05) is 36.4 Å².